The van der Waals surface area contributed by atoms with E-state index in [0.29, 0.717) is 23.1 Å². The van der Waals surface area contributed by atoms with Gasteiger partial charge < -0.3 is 4.74 Å². The lowest BCUT2D eigenvalue weighted by atomic mass is 10.0. The number of benzene rings is 3. The van der Waals surface area contributed by atoms with Crippen molar-refractivity contribution < 1.29 is 9.53 Å². The fourth-order valence-electron chi connectivity index (χ4n) is 3.72. The van der Waals surface area contributed by atoms with E-state index in [0.717, 1.165) is 28.3 Å². The third-order valence-corrected chi connectivity index (χ3v) is 5.71. The highest BCUT2D eigenvalue weighted by atomic mass is 35.5. The molecular weight excluding hydrogens is 418 g/mol. The van der Waals surface area contributed by atoms with Gasteiger partial charge in [-0.25, -0.2) is 0 Å². The Balaban J connectivity index is 1.74. The zero-order valence-electron chi connectivity index (χ0n) is 18.5. The molecule has 3 nitrogen and oxygen atoms in total. The number of amides is 1. The minimum atomic E-state index is -0.0545. The lowest BCUT2D eigenvalue weighted by Gasteiger charge is -2.21. The maximum Gasteiger partial charge on any atom is 0.262 e. The summed E-state index contributed by atoms with van der Waals surface area (Å²) in [6.45, 7) is 6.90. The van der Waals surface area contributed by atoms with Crippen LogP contribution in [0.5, 0.6) is 5.75 Å². The Kier molecular flexibility index (Phi) is 6.48. The average Bonchev–Trinajstić information content (AvgIpc) is 3.11. The van der Waals surface area contributed by atoms with Gasteiger partial charge in [-0.1, -0.05) is 61.8 Å². The van der Waals surface area contributed by atoms with Gasteiger partial charge in [0.15, 0.2) is 0 Å². The second-order valence-corrected chi connectivity index (χ2v) is 8.46. The first kappa shape index (κ1) is 21.9. The van der Waals surface area contributed by atoms with Gasteiger partial charge in [0.2, 0.25) is 0 Å². The van der Waals surface area contributed by atoms with Crippen LogP contribution < -0.4 is 9.64 Å². The molecule has 4 rings (SSSR count). The van der Waals surface area contributed by atoms with Crippen molar-refractivity contribution in [1.29, 1.82) is 0 Å². The number of anilines is 1. The van der Waals surface area contributed by atoms with Crippen molar-refractivity contribution in [3.05, 3.63) is 106 Å². The Morgan fingerprint density at radius 2 is 1.59 bits per heavy atom. The van der Waals surface area contributed by atoms with Crippen LogP contribution in [0, 0.1) is 0 Å². The summed E-state index contributed by atoms with van der Waals surface area (Å²) < 4.78 is 5.52. The van der Waals surface area contributed by atoms with Gasteiger partial charge in [-0.05, 0) is 78.1 Å². The second-order valence-electron chi connectivity index (χ2n) is 8.02. The molecular formula is C28H26ClNO2. The van der Waals surface area contributed by atoms with Gasteiger partial charge >= 0.3 is 0 Å². The van der Waals surface area contributed by atoms with Crippen LogP contribution in [0.3, 0.4) is 0 Å². The Morgan fingerprint density at radius 3 is 2.19 bits per heavy atom. The van der Waals surface area contributed by atoms with Gasteiger partial charge in [0.1, 0.15) is 5.75 Å². The molecule has 0 bridgehead atoms. The van der Waals surface area contributed by atoms with Gasteiger partial charge in [-0.15, -0.1) is 0 Å². The number of halogens is 1. The van der Waals surface area contributed by atoms with Crippen LogP contribution in [-0.2, 0) is 4.79 Å². The highest BCUT2D eigenvalue weighted by molar-refractivity contribution is 6.30. The quantitative estimate of drug-likeness (QED) is 0.373. The molecule has 0 radical (unpaired) electrons. The fraction of sp³-hybridized carbons (Fsp3) is 0.179. The molecule has 0 N–H and O–H groups in total. The van der Waals surface area contributed by atoms with Crippen LogP contribution in [-0.4, -0.2) is 12.5 Å². The molecule has 1 heterocycles. The molecule has 0 aromatic heterocycles. The second kappa shape index (κ2) is 9.46. The SMILES string of the molecule is CCOc1ccc(/C=C2\C=C(c3ccc(Cl)cc3)N(c3ccc(C(C)C)cc3)C2=O)cc1. The summed E-state index contributed by atoms with van der Waals surface area (Å²) in [4.78, 5) is 15.3. The van der Waals surface area contributed by atoms with Gasteiger partial charge in [-0.2, -0.15) is 0 Å². The van der Waals surface area contributed by atoms with Crippen LogP contribution in [0.4, 0.5) is 5.69 Å². The molecule has 0 unspecified atom stereocenters. The fourth-order valence-corrected chi connectivity index (χ4v) is 3.85. The molecule has 32 heavy (non-hydrogen) atoms. The third-order valence-electron chi connectivity index (χ3n) is 5.45. The van der Waals surface area contributed by atoms with Crippen molar-refractivity contribution >= 4 is 35.0 Å². The van der Waals surface area contributed by atoms with E-state index in [1.54, 1.807) is 4.90 Å². The van der Waals surface area contributed by atoms with Crippen LogP contribution in [0.15, 0.2) is 84.4 Å². The number of rotatable bonds is 6. The molecule has 1 aliphatic rings. The molecule has 3 aromatic carbocycles. The van der Waals surface area contributed by atoms with Gasteiger partial charge in [-0.3, -0.25) is 9.69 Å². The Morgan fingerprint density at radius 1 is 0.938 bits per heavy atom. The van der Waals surface area contributed by atoms with Crippen LogP contribution >= 0.6 is 11.6 Å². The zero-order valence-corrected chi connectivity index (χ0v) is 19.3. The van der Waals surface area contributed by atoms with Crippen molar-refractivity contribution in [2.75, 3.05) is 11.5 Å². The number of nitrogens with zero attached hydrogens (tertiary/aromatic N) is 1. The number of carbonyl (C=O) groups excluding carboxylic acids is 1. The first-order chi connectivity index (χ1) is 15.5. The average molecular weight is 444 g/mol. The number of hydrogen-bond donors (Lipinski definition) is 0. The Bertz CT molecular complexity index is 1160. The number of hydrogen-bond acceptors (Lipinski definition) is 2. The smallest absolute Gasteiger partial charge is 0.262 e. The van der Waals surface area contributed by atoms with Crippen LogP contribution in [0.1, 0.15) is 43.4 Å². The lowest BCUT2D eigenvalue weighted by molar-refractivity contribution is -0.113. The predicted octanol–water partition coefficient (Wildman–Crippen LogP) is 7.33. The van der Waals surface area contributed by atoms with E-state index < -0.39 is 0 Å². The molecule has 0 fully saturated rings. The van der Waals surface area contributed by atoms with E-state index >= 15 is 0 Å². The molecule has 1 aliphatic heterocycles. The highest BCUT2D eigenvalue weighted by Gasteiger charge is 2.30. The molecule has 4 heteroatoms. The molecule has 162 valence electrons. The van der Waals surface area contributed by atoms with Gasteiger partial charge in [0.25, 0.3) is 5.91 Å². The summed E-state index contributed by atoms with van der Waals surface area (Å²) in [6.07, 6.45) is 3.86. The molecule has 3 aromatic rings. The summed E-state index contributed by atoms with van der Waals surface area (Å²) >= 11 is 6.10. The summed E-state index contributed by atoms with van der Waals surface area (Å²) in [7, 11) is 0. The lowest BCUT2D eigenvalue weighted by Crippen LogP contribution is -2.24. The van der Waals surface area contributed by atoms with Crippen LogP contribution in [0.2, 0.25) is 5.02 Å². The van der Waals surface area contributed by atoms with Crippen molar-refractivity contribution in [1.82, 2.24) is 0 Å². The highest BCUT2D eigenvalue weighted by Crippen LogP contribution is 2.36. The normalized spacial score (nSPS) is 14.9. The standard InChI is InChI=1S/C28H26ClNO2/c1-4-32-26-15-5-20(6-16-26)17-23-18-27(22-7-11-24(29)12-8-22)30(28(23)31)25-13-9-21(10-14-25)19(2)3/h5-19H,4H2,1-3H3/b23-17+. The first-order valence-corrected chi connectivity index (χ1v) is 11.2. The van der Waals surface area contributed by atoms with E-state index in [4.69, 9.17) is 16.3 Å². The topological polar surface area (TPSA) is 29.5 Å². The molecule has 0 saturated heterocycles. The van der Waals surface area contributed by atoms with Crippen molar-refractivity contribution in [2.24, 2.45) is 0 Å². The largest absolute Gasteiger partial charge is 0.494 e. The van der Waals surface area contributed by atoms with Gasteiger partial charge in [0.05, 0.1) is 12.3 Å². The maximum absolute atomic E-state index is 13.5. The molecule has 0 atom stereocenters. The molecule has 0 aliphatic carbocycles. The summed E-state index contributed by atoms with van der Waals surface area (Å²) in [6, 6.07) is 23.5. The van der Waals surface area contributed by atoms with Crippen LogP contribution in [0.25, 0.3) is 11.8 Å². The van der Waals surface area contributed by atoms with E-state index in [1.807, 2.05) is 79.7 Å². The number of ether oxygens (including phenoxy) is 1. The summed E-state index contributed by atoms with van der Waals surface area (Å²) in [5, 5.41) is 0.664. The van der Waals surface area contributed by atoms with E-state index in [9.17, 15) is 4.79 Å². The number of carbonyl (C=O) groups is 1. The third kappa shape index (κ3) is 4.63. The Labute approximate surface area is 194 Å². The molecule has 1 amide bonds. The first-order valence-electron chi connectivity index (χ1n) is 10.8. The molecule has 0 spiro atoms. The maximum atomic E-state index is 13.5. The summed E-state index contributed by atoms with van der Waals surface area (Å²) in [5.74, 6) is 1.19. The van der Waals surface area contributed by atoms with Crippen molar-refractivity contribution in [2.45, 2.75) is 26.7 Å². The monoisotopic (exact) mass is 443 g/mol. The molecule has 0 saturated carbocycles. The van der Waals surface area contributed by atoms with Crippen molar-refractivity contribution in [3.8, 4) is 5.75 Å². The van der Waals surface area contributed by atoms with Crippen molar-refractivity contribution in [3.63, 3.8) is 0 Å². The van der Waals surface area contributed by atoms with Gasteiger partial charge in [0, 0.05) is 16.3 Å². The zero-order chi connectivity index (χ0) is 22.7. The summed E-state index contributed by atoms with van der Waals surface area (Å²) in [5.41, 5.74) is 5.43. The minimum absolute atomic E-state index is 0.0545. The van der Waals surface area contributed by atoms with E-state index in [1.165, 1.54) is 5.56 Å². The van der Waals surface area contributed by atoms with E-state index in [2.05, 4.69) is 26.0 Å². The Hall–Kier alpha value is -3.30. The predicted molar refractivity (Wildman–Crippen MR) is 133 cm³/mol. The minimum Gasteiger partial charge on any atom is -0.494 e. The van der Waals surface area contributed by atoms with E-state index in [-0.39, 0.29) is 5.91 Å².